The van der Waals surface area contributed by atoms with E-state index in [9.17, 15) is 4.79 Å². The second-order valence-corrected chi connectivity index (χ2v) is 5.21. The molecule has 0 aromatic carbocycles. The zero-order valence-corrected chi connectivity index (χ0v) is 10.1. The summed E-state index contributed by atoms with van der Waals surface area (Å²) in [6.07, 6.45) is 5.19. The van der Waals surface area contributed by atoms with Crippen molar-refractivity contribution in [3.8, 4) is 0 Å². The molecule has 18 heavy (non-hydrogen) atoms. The zero-order valence-electron chi connectivity index (χ0n) is 10.1. The molecule has 0 radical (unpaired) electrons. The van der Waals surface area contributed by atoms with Gasteiger partial charge in [0.05, 0.1) is 5.92 Å². The fraction of sp³-hybridized carbons (Fsp3) is 0.750. The van der Waals surface area contributed by atoms with E-state index in [1.54, 1.807) is 0 Å². The van der Waals surface area contributed by atoms with Crippen LogP contribution in [0.25, 0.3) is 0 Å². The highest BCUT2D eigenvalue weighted by Crippen LogP contribution is 2.39. The van der Waals surface area contributed by atoms with Crippen molar-refractivity contribution in [3.63, 3.8) is 0 Å². The first-order valence-electron chi connectivity index (χ1n) is 6.57. The second-order valence-electron chi connectivity index (χ2n) is 5.21. The van der Waals surface area contributed by atoms with Crippen molar-refractivity contribution in [3.05, 3.63) is 11.7 Å². The average Bonchev–Trinajstić information content (AvgIpc) is 3.08. The highest BCUT2D eigenvalue weighted by molar-refractivity contribution is 5.65. The summed E-state index contributed by atoms with van der Waals surface area (Å²) >= 11 is 0. The lowest BCUT2D eigenvalue weighted by molar-refractivity contribution is 0.179. The van der Waals surface area contributed by atoms with Gasteiger partial charge < -0.3 is 14.9 Å². The van der Waals surface area contributed by atoms with E-state index in [0.29, 0.717) is 11.8 Å². The highest BCUT2D eigenvalue weighted by atomic mass is 16.5. The first-order chi connectivity index (χ1) is 8.74. The van der Waals surface area contributed by atoms with Crippen LogP contribution in [-0.2, 0) is 0 Å². The molecule has 98 valence electrons. The Bertz CT molecular complexity index is 442. The summed E-state index contributed by atoms with van der Waals surface area (Å²) in [5.74, 6) is 1.91. The Labute approximate surface area is 105 Å². The number of rotatable bonds is 3. The Morgan fingerprint density at radius 2 is 2.06 bits per heavy atom. The van der Waals surface area contributed by atoms with Gasteiger partial charge in [0.15, 0.2) is 5.82 Å². The zero-order chi connectivity index (χ0) is 12.5. The van der Waals surface area contributed by atoms with Crippen molar-refractivity contribution in [2.75, 3.05) is 0 Å². The number of carbonyl (C=O) groups is 1. The molecule has 2 aliphatic carbocycles. The SMILES string of the molecule is O=C(O)NC1CCCCC1c1nc(C2CC2)no1. The summed E-state index contributed by atoms with van der Waals surface area (Å²) in [6, 6.07) is -0.0937. The maximum absolute atomic E-state index is 10.8. The number of nitrogens with one attached hydrogen (secondary N) is 1. The smallest absolute Gasteiger partial charge is 0.404 e. The lowest BCUT2D eigenvalue weighted by Gasteiger charge is -2.28. The van der Waals surface area contributed by atoms with Gasteiger partial charge in [0, 0.05) is 12.0 Å². The van der Waals surface area contributed by atoms with Gasteiger partial charge in [-0.25, -0.2) is 4.79 Å². The van der Waals surface area contributed by atoms with Gasteiger partial charge >= 0.3 is 6.09 Å². The standard InChI is InChI=1S/C12H17N3O3/c16-12(17)13-9-4-2-1-3-8(9)11-14-10(15-18-11)7-5-6-7/h7-9,13H,1-6H2,(H,16,17). The lowest BCUT2D eigenvalue weighted by Crippen LogP contribution is -2.40. The van der Waals surface area contributed by atoms with E-state index in [-0.39, 0.29) is 12.0 Å². The van der Waals surface area contributed by atoms with E-state index in [0.717, 1.165) is 44.3 Å². The van der Waals surface area contributed by atoms with E-state index in [4.69, 9.17) is 9.63 Å². The van der Waals surface area contributed by atoms with Crippen molar-refractivity contribution in [1.82, 2.24) is 15.5 Å². The molecule has 6 heteroatoms. The fourth-order valence-electron chi connectivity index (χ4n) is 2.66. The molecule has 2 saturated carbocycles. The van der Waals surface area contributed by atoms with Crippen molar-refractivity contribution >= 4 is 6.09 Å². The van der Waals surface area contributed by atoms with Gasteiger partial charge in [-0.05, 0) is 25.7 Å². The Morgan fingerprint density at radius 3 is 2.78 bits per heavy atom. The summed E-state index contributed by atoms with van der Waals surface area (Å²) in [5.41, 5.74) is 0. The van der Waals surface area contributed by atoms with Crippen LogP contribution in [0.3, 0.4) is 0 Å². The molecule has 1 aromatic rings. The Morgan fingerprint density at radius 1 is 1.28 bits per heavy atom. The van der Waals surface area contributed by atoms with Crippen molar-refractivity contribution in [1.29, 1.82) is 0 Å². The molecular weight excluding hydrogens is 234 g/mol. The van der Waals surface area contributed by atoms with Crippen LogP contribution < -0.4 is 5.32 Å². The molecule has 1 amide bonds. The van der Waals surface area contributed by atoms with Gasteiger partial charge in [-0.3, -0.25) is 0 Å². The van der Waals surface area contributed by atoms with Gasteiger partial charge in [0.25, 0.3) is 0 Å². The summed E-state index contributed by atoms with van der Waals surface area (Å²) in [4.78, 5) is 15.2. The Hall–Kier alpha value is -1.59. The Kier molecular flexibility index (Phi) is 2.93. The molecule has 6 nitrogen and oxygen atoms in total. The molecule has 1 aromatic heterocycles. The normalized spacial score (nSPS) is 28.0. The van der Waals surface area contributed by atoms with Gasteiger partial charge in [0.2, 0.25) is 5.89 Å². The van der Waals surface area contributed by atoms with Crippen LogP contribution in [0, 0.1) is 0 Å². The minimum atomic E-state index is -0.978. The average molecular weight is 251 g/mol. The van der Waals surface area contributed by atoms with Gasteiger partial charge in [-0.2, -0.15) is 4.98 Å². The molecule has 0 spiro atoms. The van der Waals surface area contributed by atoms with Gasteiger partial charge in [0.1, 0.15) is 0 Å². The van der Waals surface area contributed by atoms with Crippen LogP contribution in [0.5, 0.6) is 0 Å². The fourth-order valence-corrected chi connectivity index (χ4v) is 2.66. The van der Waals surface area contributed by atoms with Crippen LogP contribution in [-0.4, -0.2) is 27.4 Å². The quantitative estimate of drug-likeness (QED) is 0.860. The minimum absolute atomic E-state index is 0.0369. The molecular formula is C12H17N3O3. The molecule has 2 unspecified atom stereocenters. The number of hydrogen-bond acceptors (Lipinski definition) is 4. The third kappa shape index (κ3) is 2.32. The van der Waals surface area contributed by atoms with E-state index < -0.39 is 6.09 Å². The van der Waals surface area contributed by atoms with Crippen LogP contribution >= 0.6 is 0 Å². The summed E-state index contributed by atoms with van der Waals surface area (Å²) in [7, 11) is 0. The number of carboxylic acid groups (broad SMARTS) is 1. The van der Waals surface area contributed by atoms with E-state index in [1.807, 2.05) is 0 Å². The van der Waals surface area contributed by atoms with E-state index in [2.05, 4.69) is 15.5 Å². The van der Waals surface area contributed by atoms with Crippen molar-refractivity contribution in [2.24, 2.45) is 0 Å². The van der Waals surface area contributed by atoms with Crippen molar-refractivity contribution < 1.29 is 14.4 Å². The summed E-state index contributed by atoms with van der Waals surface area (Å²) < 4.78 is 5.32. The lowest BCUT2D eigenvalue weighted by atomic mass is 9.84. The van der Waals surface area contributed by atoms with Gasteiger partial charge in [-0.15, -0.1) is 0 Å². The molecule has 0 bridgehead atoms. The number of hydrogen-bond donors (Lipinski definition) is 2. The maximum Gasteiger partial charge on any atom is 0.404 e. The van der Waals surface area contributed by atoms with Crippen LogP contribution in [0.4, 0.5) is 4.79 Å². The topological polar surface area (TPSA) is 88.2 Å². The number of aromatic nitrogens is 2. The minimum Gasteiger partial charge on any atom is -0.465 e. The third-order valence-corrected chi connectivity index (χ3v) is 3.79. The molecule has 1 heterocycles. The number of amides is 1. The molecule has 2 aliphatic rings. The molecule has 0 aliphatic heterocycles. The van der Waals surface area contributed by atoms with Crippen LogP contribution in [0.15, 0.2) is 4.52 Å². The van der Waals surface area contributed by atoms with Crippen LogP contribution in [0.2, 0.25) is 0 Å². The first kappa shape index (κ1) is 11.5. The van der Waals surface area contributed by atoms with Crippen molar-refractivity contribution in [2.45, 2.75) is 56.4 Å². The predicted octanol–water partition coefficient (Wildman–Crippen LogP) is 2.24. The Balaban J connectivity index is 1.75. The maximum atomic E-state index is 10.8. The summed E-state index contributed by atoms with van der Waals surface area (Å²) in [5, 5.41) is 15.4. The van der Waals surface area contributed by atoms with E-state index >= 15 is 0 Å². The molecule has 2 N–H and O–H groups in total. The second kappa shape index (κ2) is 4.59. The van der Waals surface area contributed by atoms with Gasteiger partial charge in [-0.1, -0.05) is 18.0 Å². The molecule has 2 atom stereocenters. The molecule has 2 fully saturated rings. The largest absolute Gasteiger partial charge is 0.465 e. The highest BCUT2D eigenvalue weighted by Gasteiger charge is 2.34. The number of nitrogens with zero attached hydrogens (tertiary/aromatic N) is 2. The van der Waals surface area contributed by atoms with E-state index in [1.165, 1.54) is 0 Å². The van der Waals surface area contributed by atoms with Crippen LogP contribution in [0.1, 0.15) is 62.1 Å². The molecule has 0 saturated heterocycles. The third-order valence-electron chi connectivity index (χ3n) is 3.79. The summed E-state index contributed by atoms with van der Waals surface area (Å²) in [6.45, 7) is 0. The first-order valence-corrected chi connectivity index (χ1v) is 6.57. The predicted molar refractivity (Wildman–Crippen MR) is 62.4 cm³/mol. The monoisotopic (exact) mass is 251 g/mol. The molecule has 3 rings (SSSR count).